The van der Waals surface area contributed by atoms with Gasteiger partial charge in [0.15, 0.2) is 12.2 Å². The van der Waals surface area contributed by atoms with Gasteiger partial charge in [0.1, 0.15) is 18.3 Å². The Hall–Kier alpha value is -4.31. The van der Waals surface area contributed by atoms with Gasteiger partial charge in [-0.1, -0.05) is 43.7 Å². The molecule has 2 aliphatic carbocycles. The summed E-state index contributed by atoms with van der Waals surface area (Å²) in [5, 5.41) is 12.8. The quantitative estimate of drug-likeness (QED) is 0.250. The first-order valence-corrected chi connectivity index (χ1v) is 15.1. The van der Waals surface area contributed by atoms with Crippen LogP contribution >= 0.6 is 0 Å². The van der Waals surface area contributed by atoms with Crippen molar-refractivity contribution in [2.75, 3.05) is 6.61 Å². The normalized spacial score (nSPS) is 31.4. The number of aliphatic hydroxyl groups is 1. The molecule has 1 saturated carbocycles. The first-order chi connectivity index (χ1) is 21.3. The molecule has 2 heterocycles. The number of hydrogen-bond acceptors (Lipinski definition) is 10. The van der Waals surface area contributed by atoms with Gasteiger partial charge < -0.3 is 24.1 Å². The minimum absolute atomic E-state index is 0.0352. The van der Waals surface area contributed by atoms with Crippen LogP contribution in [0.4, 0.5) is 0 Å². The molecule has 0 saturated heterocycles. The second-order valence-corrected chi connectivity index (χ2v) is 12.7. The molecule has 1 aromatic heterocycles. The van der Waals surface area contributed by atoms with E-state index in [4.69, 9.17) is 18.9 Å². The van der Waals surface area contributed by atoms with Crippen LogP contribution in [0.5, 0.6) is 0 Å². The van der Waals surface area contributed by atoms with Crippen molar-refractivity contribution in [1.82, 2.24) is 4.98 Å². The molecule has 1 aromatic carbocycles. The van der Waals surface area contributed by atoms with E-state index in [2.05, 4.69) is 11.1 Å². The van der Waals surface area contributed by atoms with E-state index in [1.807, 2.05) is 20.8 Å². The summed E-state index contributed by atoms with van der Waals surface area (Å²) >= 11 is 0. The molecule has 5 rings (SSSR count). The van der Waals surface area contributed by atoms with Crippen molar-refractivity contribution < 1.29 is 43.2 Å². The Kier molecular flexibility index (Phi) is 8.72. The van der Waals surface area contributed by atoms with Crippen LogP contribution < -0.4 is 0 Å². The zero-order valence-electron chi connectivity index (χ0n) is 26.1. The first kappa shape index (κ1) is 32.1. The Morgan fingerprint density at radius 1 is 1.02 bits per heavy atom. The molecule has 45 heavy (non-hydrogen) atoms. The van der Waals surface area contributed by atoms with E-state index in [0.717, 1.165) is 5.57 Å². The Balaban J connectivity index is 1.68. The van der Waals surface area contributed by atoms with Crippen molar-refractivity contribution in [3.63, 3.8) is 0 Å². The van der Waals surface area contributed by atoms with E-state index in [-0.39, 0.29) is 24.2 Å². The number of allylic oxidation sites excluding steroid dienone is 1. The number of benzene rings is 1. The summed E-state index contributed by atoms with van der Waals surface area (Å²) in [4.78, 5) is 55.9. The summed E-state index contributed by atoms with van der Waals surface area (Å²) in [6.45, 7) is 8.55. The lowest BCUT2D eigenvalue weighted by atomic mass is 9.42. The third kappa shape index (κ3) is 5.67. The molecule has 238 valence electrons. The average Bonchev–Trinajstić information content (AvgIpc) is 3.43. The van der Waals surface area contributed by atoms with Gasteiger partial charge in [0.05, 0.1) is 11.1 Å². The van der Waals surface area contributed by atoms with E-state index in [1.165, 1.54) is 32.3 Å². The molecule has 0 radical (unpaired) electrons. The second kappa shape index (κ2) is 12.2. The van der Waals surface area contributed by atoms with Crippen molar-refractivity contribution in [3.8, 4) is 0 Å². The molecule has 1 unspecified atom stereocenters. The number of ether oxygens (including phenoxy) is 4. The highest BCUT2D eigenvalue weighted by molar-refractivity contribution is 5.90. The van der Waals surface area contributed by atoms with Gasteiger partial charge in [0.25, 0.3) is 0 Å². The minimum Gasteiger partial charge on any atom is -0.462 e. The van der Waals surface area contributed by atoms with E-state index < -0.39 is 64.5 Å². The van der Waals surface area contributed by atoms with Gasteiger partial charge in [-0.2, -0.15) is 0 Å². The third-order valence-electron chi connectivity index (χ3n) is 10.2. The Morgan fingerprint density at radius 3 is 2.31 bits per heavy atom. The summed E-state index contributed by atoms with van der Waals surface area (Å²) in [5.41, 5.74) is -2.26. The fraction of sp³-hybridized carbons (Fsp3) is 0.457. The van der Waals surface area contributed by atoms with Crippen molar-refractivity contribution >= 4 is 23.9 Å². The van der Waals surface area contributed by atoms with Crippen molar-refractivity contribution in [2.45, 2.75) is 77.8 Å². The fourth-order valence-electron chi connectivity index (χ4n) is 7.56. The van der Waals surface area contributed by atoms with Crippen LogP contribution in [-0.2, 0) is 28.5 Å². The summed E-state index contributed by atoms with van der Waals surface area (Å²) < 4.78 is 23.6. The van der Waals surface area contributed by atoms with Crippen molar-refractivity contribution in [1.29, 1.82) is 0 Å². The Labute approximate surface area is 262 Å². The number of carbonyl (C=O) groups is 4. The lowest BCUT2D eigenvalue weighted by Crippen LogP contribution is -2.75. The molecular formula is C35H39NO9. The first-order valence-electron chi connectivity index (χ1n) is 15.1. The number of pyridine rings is 1. The fourth-order valence-corrected chi connectivity index (χ4v) is 7.56. The number of aromatic nitrogens is 1. The van der Waals surface area contributed by atoms with Crippen LogP contribution in [0, 0.1) is 16.7 Å². The highest BCUT2D eigenvalue weighted by Crippen LogP contribution is 2.65. The summed E-state index contributed by atoms with van der Waals surface area (Å²) in [6.07, 6.45) is 4.15. The van der Waals surface area contributed by atoms with E-state index in [9.17, 15) is 24.3 Å². The number of cyclic esters (lactones) is 1. The van der Waals surface area contributed by atoms with Crippen molar-refractivity contribution in [2.24, 2.45) is 16.7 Å². The van der Waals surface area contributed by atoms with Gasteiger partial charge in [0.2, 0.25) is 0 Å². The average molecular weight is 618 g/mol. The predicted octanol–water partition coefficient (Wildman–Crippen LogP) is 4.77. The number of fused-ring (bicyclic) bond motifs is 1. The molecule has 0 amide bonds. The van der Waals surface area contributed by atoms with Gasteiger partial charge in [-0.05, 0) is 62.4 Å². The lowest BCUT2D eigenvalue weighted by molar-refractivity contribution is -0.290. The molecule has 10 nitrogen and oxygen atoms in total. The standard InChI is InChI=1S/C35H39NO9/c1-21-11-9-15-26-33(21,3)29(44-32(40)25-14-10-16-36-19-25)30(45-31(39)24-12-7-6-8-13-24)35(5,41)34(26,4)27(43-22(2)37)17-23-18-28(38)42-20-23/h6-8,10-14,16,18-19,26-27,29-30,41H,9,15,17,20H2,1-5H3/t26?,27-,29-,30-,33-,34-,35-/m0/s1. The van der Waals surface area contributed by atoms with Crippen LogP contribution in [0.15, 0.2) is 78.2 Å². The third-order valence-corrected chi connectivity index (χ3v) is 10.2. The maximum absolute atomic E-state index is 13.7. The van der Waals surface area contributed by atoms with Gasteiger partial charge in [-0.25, -0.2) is 14.4 Å². The summed E-state index contributed by atoms with van der Waals surface area (Å²) in [7, 11) is 0. The van der Waals surface area contributed by atoms with Gasteiger partial charge in [0, 0.05) is 42.6 Å². The number of hydrogen-bond donors (Lipinski definition) is 1. The molecule has 2 aromatic rings. The van der Waals surface area contributed by atoms with E-state index >= 15 is 0 Å². The molecule has 10 heteroatoms. The summed E-state index contributed by atoms with van der Waals surface area (Å²) in [5.74, 6) is -2.91. The number of rotatable bonds is 8. The molecule has 3 aliphatic rings. The number of nitrogens with zero attached hydrogens (tertiary/aromatic N) is 1. The Bertz CT molecular complexity index is 1530. The zero-order valence-corrected chi connectivity index (χ0v) is 26.1. The molecular weight excluding hydrogens is 578 g/mol. The Morgan fingerprint density at radius 2 is 1.69 bits per heavy atom. The van der Waals surface area contributed by atoms with Crippen LogP contribution in [0.1, 0.15) is 74.6 Å². The minimum atomic E-state index is -1.93. The largest absolute Gasteiger partial charge is 0.462 e. The summed E-state index contributed by atoms with van der Waals surface area (Å²) in [6, 6.07) is 11.5. The van der Waals surface area contributed by atoms with Crippen LogP contribution in [0.2, 0.25) is 0 Å². The van der Waals surface area contributed by atoms with Crippen LogP contribution in [0.25, 0.3) is 0 Å². The zero-order chi connectivity index (χ0) is 32.6. The maximum Gasteiger partial charge on any atom is 0.340 e. The topological polar surface area (TPSA) is 138 Å². The predicted molar refractivity (Wildman–Crippen MR) is 162 cm³/mol. The smallest absolute Gasteiger partial charge is 0.340 e. The molecule has 0 spiro atoms. The van der Waals surface area contributed by atoms with Gasteiger partial charge in [-0.3, -0.25) is 9.78 Å². The van der Waals surface area contributed by atoms with Crippen LogP contribution in [0.3, 0.4) is 0 Å². The molecule has 1 fully saturated rings. The number of carbonyl (C=O) groups excluding carboxylic acids is 4. The SMILES string of the molecule is CC(=O)O[C@@H](CC1=CC(=O)OC1)[C@]1(C)C2CCC=C(C)[C@]2(C)[C@@H](OC(=O)c2cccnc2)[C@H](OC(=O)c2ccccc2)[C@]1(C)O. The lowest BCUT2D eigenvalue weighted by Gasteiger charge is -2.66. The van der Waals surface area contributed by atoms with Crippen LogP contribution in [-0.4, -0.2) is 64.5 Å². The highest BCUT2D eigenvalue weighted by Gasteiger charge is 2.73. The molecule has 1 N–H and O–H groups in total. The van der Waals surface area contributed by atoms with Crippen molar-refractivity contribution in [3.05, 3.63) is 89.3 Å². The highest BCUT2D eigenvalue weighted by atomic mass is 16.6. The van der Waals surface area contributed by atoms with Gasteiger partial charge in [-0.15, -0.1) is 0 Å². The molecule has 0 bridgehead atoms. The number of esters is 4. The second-order valence-electron chi connectivity index (χ2n) is 12.7. The molecule has 7 atom stereocenters. The monoisotopic (exact) mass is 617 g/mol. The van der Waals surface area contributed by atoms with E-state index in [0.29, 0.717) is 18.4 Å². The molecule has 1 aliphatic heterocycles. The van der Waals surface area contributed by atoms with E-state index in [1.54, 1.807) is 42.5 Å². The van der Waals surface area contributed by atoms with Gasteiger partial charge >= 0.3 is 23.9 Å². The maximum atomic E-state index is 13.7.